The van der Waals surface area contributed by atoms with E-state index < -0.39 is 12.0 Å². The Morgan fingerprint density at radius 2 is 2.24 bits per heavy atom. The Bertz CT molecular complexity index is 407. The van der Waals surface area contributed by atoms with Gasteiger partial charge in [-0.25, -0.2) is 0 Å². The summed E-state index contributed by atoms with van der Waals surface area (Å²) in [4.78, 5) is 12.9. The predicted molar refractivity (Wildman–Crippen MR) is 60.8 cm³/mol. The van der Waals surface area contributed by atoms with Crippen molar-refractivity contribution in [2.24, 2.45) is 0 Å². The minimum atomic E-state index is -0.889. The number of rotatable bonds is 3. The van der Waals surface area contributed by atoms with Crippen molar-refractivity contribution in [1.82, 2.24) is 4.90 Å². The zero-order valence-electron chi connectivity index (χ0n) is 9.37. The van der Waals surface area contributed by atoms with Crippen LogP contribution < -0.4 is 0 Å². The van der Waals surface area contributed by atoms with Gasteiger partial charge in [0.25, 0.3) is 0 Å². The van der Waals surface area contributed by atoms with E-state index in [1.54, 1.807) is 23.1 Å². The van der Waals surface area contributed by atoms with Gasteiger partial charge in [0.15, 0.2) is 0 Å². The maximum Gasteiger partial charge on any atom is 0.323 e. The lowest BCUT2D eigenvalue weighted by atomic mass is 10.1. The summed E-state index contributed by atoms with van der Waals surface area (Å²) in [6.07, 6.45) is 0. The number of carboxylic acids is 1. The highest BCUT2D eigenvalue weighted by Crippen LogP contribution is 2.20. The zero-order valence-corrected chi connectivity index (χ0v) is 9.37. The maximum absolute atomic E-state index is 11.1. The molecule has 0 bridgehead atoms. The van der Waals surface area contributed by atoms with Crippen molar-refractivity contribution < 1.29 is 19.7 Å². The Morgan fingerprint density at radius 1 is 1.47 bits per heavy atom. The Balaban J connectivity index is 2.11. The fraction of sp³-hybridized carbons (Fsp3) is 0.417. The minimum absolute atomic E-state index is 0.197. The van der Waals surface area contributed by atoms with Crippen LogP contribution in [0.4, 0.5) is 0 Å². The number of aromatic hydroxyl groups is 1. The maximum atomic E-state index is 11.1. The lowest BCUT2D eigenvalue weighted by molar-refractivity contribution is -0.150. The van der Waals surface area contributed by atoms with Crippen LogP contribution in [0.15, 0.2) is 24.3 Å². The van der Waals surface area contributed by atoms with E-state index in [9.17, 15) is 9.90 Å². The quantitative estimate of drug-likeness (QED) is 0.809. The Labute approximate surface area is 99.2 Å². The Kier molecular flexibility index (Phi) is 3.61. The van der Waals surface area contributed by atoms with Crippen LogP contribution in [-0.2, 0) is 16.1 Å². The van der Waals surface area contributed by atoms with Crippen molar-refractivity contribution in [3.8, 4) is 5.75 Å². The van der Waals surface area contributed by atoms with E-state index in [2.05, 4.69) is 0 Å². The van der Waals surface area contributed by atoms with Crippen molar-refractivity contribution >= 4 is 5.97 Å². The first-order chi connectivity index (χ1) is 8.18. The monoisotopic (exact) mass is 237 g/mol. The lowest BCUT2D eigenvalue weighted by Gasteiger charge is -2.32. The smallest absolute Gasteiger partial charge is 0.323 e. The molecule has 0 aliphatic carbocycles. The van der Waals surface area contributed by atoms with E-state index in [1.807, 2.05) is 6.07 Å². The van der Waals surface area contributed by atoms with Gasteiger partial charge in [-0.05, 0) is 6.07 Å². The van der Waals surface area contributed by atoms with Gasteiger partial charge in [-0.3, -0.25) is 9.69 Å². The highest BCUT2D eigenvalue weighted by atomic mass is 16.5. The first kappa shape index (κ1) is 11.9. The van der Waals surface area contributed by atoms with Gasteiger partial charge in [-0.1, -0.05) is 18.2 Å². The standard InChI is InChI=1S/C12H15NO4/c14-11-4-2-1-3-9(11)7-13-5-6-17-8-10(13)12(15)16/h1-4,10,14H,5-8H2,(H,15,16). The highest BCUT2D eigenvalue weighted by molar-refractivity contribution is 5.73. The second-order valence-corrected chi connectivity index (χ2v) is 4.03. The fourth-order valence-corrected chi connectivity index (χ4v) is 1.92. The molecule has 0 amide bonds. The molecule has 5 heteroatoms. The van der Waals surface area contributed by atoms with E-state index in [0.29, 0.717) is 19.7 Å². The molecule has 0 spiro atoms. The van der Waals surface area contributed by atoms with Gasteiger partial charge >= 0.3 is 5.97 Å². The first-order valence-electron chi connectivity index (χ1n) is 5.50. The van der Waals surface area contributed by atoms with E-state index >= 15 is 0 Å². The fourth-order valence-electron chi connectivity index (χ4n) is 1.92. The third-order valence-electron chi connectivity index (χ3n) is 2.89. The van der Waals surface area contributed by atoms with Crippen molar-refractivity contribution in [3.05, 3.63) is 29.8 Å². The zero-order chi connectivity index (χ0) is 12.3. The van der Waals surface area contributed by atoms with Gasteiger partial charge in [-0.2, -0.15) is 0 Å². The van der Waals surface area contributed by atoms with E-state index in [1.165, 1.54) is 0 Å². The Morgan fingerprint density at radius 3 is 2.94 bits per heavy atom. The van der Waals surface area contributed by atoms with Crippen LogP contribution in [-0.4, -0.2) is 46.9 Å². The van der Waals surface area contributed by atoms with Crippen LogP contribution >= 0.6 is 0 Å². The van der Waals surface area contributed by atoms with Crippen molar-refractivity contribution in [2.45, 2.75) is 12.6 Å². The van der Waals surface area contributed by atoms with Gasteiger partial charge in [0.1, 0.15) is 11.8 Å². The van der Waals surface area contributed by atoms with E-state index in [4.69, 9.17) is 9.84 Å². The summed E-state index contributed by atoms with van der Waals surface area (Å²) in [5, 5.41) is 18.7. The second kappa shape index (κ2) is 5.16. The van der Waals surface area contributed by atoms with Gasteiger partial charge in [0.05, 0.1) is 13.2 Å². The summed E-state index contributed by atoms with van der Waals surface area (Å²) in [6, 6.07) is 6.33. The molecule has 1 unspecified atom stereocenters. The minimum Gasteiger partial charge on any atom is -0.508 e. The van der Waals surface area contributed by atoms with E-state index in [-0.39, 0.29) is 12.4 Å². The molecule has 1 aliphatic rings. The number of ether oxygens (including phenoxy) is 1. The van der Waals surface area contributed by atoms with Gasteiger partial charge in [0, 0.05) is 18.7 Å². The molecular formula is C12H15NO4. The number of nitrogens with zero attached hydrogens (tertiary/aromatic N) is 1. The summed E-state index contributed by atoms with van der Waals surface area (Å²) < 4.78 is 5.16. The van der Waals surface area contributed by atoms with Crippen molar-refractivity contribution in [1.29, 1.82) is 0 Å². The molecule has 92 valence electrons. The van der Waals surface area contributed by atoms with Crippen LogP contribution in [0.3, 0.4) is 0 Å². The third-order valence-corrected chi connectivity index (χ3v) is 2.89. The molecule has 1 saturated heterocycles. The average molecular weight is 237 g/mol. The van der Waals surface area contributed by atoms with Gasteiger partial charge in [0.2, 0.25) is 0 Å². The molecule has 0 aromatic heterocycles. The van der Waals surface area contributed by atoms with Crippen molar-refractivity contribution in [2.75, 3.05) is 19.8 Å². The van der Waals surface area contributed by atoms with Crippen LogP contribution in [0.2, 0.25) is 0 Å². The second-order valence-electron chi connectivity index (χ2n) is 4.03. The van der Waals surface area contributed by atoms with Crippen LogP contribution in [0.5, 0.6) is 5.75 Å². The number of hydrogen-bond acceptors (Lipinski definition) is 4. The molecule has 17 heavy (non-hydrogen) atoms. The molecule has 1 aromatic rings. The summed E-state index contributed by atoms with van der Waals surface area (Å²) in [5.74, 6) is -0.691. The summed E-state index contributed by atoms with van der Waals surface area (Å²) >= 11 is 0. The number of hydrogen-bond donors (Lipinski definition) is 2. The number of carboxylic acid groups (broad SMARTS) is 1. The number of morpholine rings is 1. The highest BCUT2D eigenvalue weighted by Gasteiger charge is 2.29. The van der Waals surface area contributed by atoms with Crippen molar-refractivity contribution in [3.63, 3.8) is 0 Å². The molecule has 1 aliphatic heterocycles. The molecule has 1 aromatic carbocycles. The van der Waals surface area contributed by atoms with Gasteiger partial charge < -0.3 is 14.9 Å². The SMILES string of the molecule is O=C(O)C1COCCN1Cc1ccccc1O. The topological polar surface area (TPSA) is 70.0 Å². The largest absolute Gasteiger partial charge is 0.508 e. The lowest BCUT2D eigenvalue weighted by Crippen LogP contribution is -2.49. The molecule has 5 nitrogen and oxygen atoms in total. The molecule has 2 rings (SSSR count). The molecule has 1 fully saturated rings. The van der Waals surface area contributed by atoms with E-state index in [0.717, 1.165) is 5.56 Å². The summed E-state index contributed by atoms with van der Waals surface area (Å²) in [7, 11) is 0. The molecule has 2 N–H and O–H groups in total. The number of para-hydroxylation sites is 1. The normalized spacial score (nSPS) is 21.3. The van der Waals surface area contributed by atoms with Gasteiger partial charge in [-0.15, -0.1) is 0 Å². The van der Waals surface area contributed by atoms with Crippen LogP contribution in [0, 0.1) is 0 Å². The molecule has 0 saturated carbocycles. The molecule has 1 atom stereocenters. The number of carbonyl (C=O) groups is 1. The molecular weight excluding hydrogens is 222 g/mol. The molecule has 1 heterocycles. The molecule has 0 radical (unpaired) electrons. The summed E-state index contributed by atoms with van der Waals surface area (Å²) in [5.41, 5.74) is 0.737. The predicted octanol–water partition coefficient (Wildman–Crippen LogP) is 0.678. The number of aliphatic carboxylic acids is 1. The van der Waals surface area contributed by atoms with Crippen LogP contribution in [0.1, 0.15) is 5.56 Å². The average Bonchev–Trinajstić information content (AvgIpc) is 2.32. The third kappa shape index (κ3) is 2.75. The number of benzene rings is 1. The summed E-state index contributed by atoms with van der Waals surface area (Å²) in [6.45, 7) is 1.71. The first-order valence-corrected chi connectivity index (χ1v) is 5.50. The Hall–Kier alpha value is -1.59. The number of phenols is 1. The van der Waals surface area contributed by atoms with Crippen LogP contribution in [0.25, 0.3) is 0 Å². The number of phenolic OH excluding ortho intramolecular Hbond substituents is 1.